The zero-order valence-electron chi connectivity index (χ0n) is 18.6. The molecule has 0 spiro atoms. The number of carbonyl (C=O) groups excluding carboxylic acids is 3. The van der Waals surface area contributed by atoms with E-state index >= 15 is 0 Å². The number of aryl methyl sites for hydroxylation is 1. The lowest BCUT2D eigenvalue weighted by molar-refractivity contribution is -0.129. The highest BCUT2D eigenvalue weighted by molar-refractivity contribution is 7.99. The predicted molar refractivity (Wildman–Crippen MR) is 131 cm³/mol. The minimum Gasteiger partial charge on any atom is -0.366 e. The van der Waals surface area contributed by atoms with Crippen molar-refractivity contribution in [3.05, 3.63) is 63.9 Å². The lowest BCUT2D eigenvalue weighted by Gasteiger charge is -2.31. The van der Waals surface area contributed by atoms with Gasteiger partial charge in [0, 0.05) is 48.0 Å². The minimum absolute atomic E-state index is 0.0728. The van der Waals surface area contributed by atoms with E-state index in [9.17, 15) is 14.4 Å². The highest BCUT2D eigenvalue weighted by Crippen LogP contribution is 2.31. The number of benzene rings is 1. The number of amides is 3. The fourth-order valence-corrected chi connectivity index (χ4v) is 5.31. The van der Waals surface area contributed by atoms with E-state index in [-0.39, 0.29) is 17.7 Å². The molecule has 0 bridgehead atoms. The largest absolute Gasteiger partial charge is 0.366 e. The molecule has 0 aliphatic carbocycles. The number of anilines is 1. The Kier molecular flexibility index (Phi) is 7.53. The molecule has 1 aliphatic rings. The maximum Gasteiger partial charge on any atom is 0.275 e. The fourth-order valence-electron chi connectivity index (χ4n) is 3.63. The number of hydrogen-bond acceptors (Lipinski definition) is 8. The number of piperidine rings is 1. The number of nitrogens with one attached hydrogen (secondary N) is 1. The van der Waals surface area contributed by atoms with Gasteiger partial charge in [0.25, 0.3) is 5.91 Å². The van der Waals surface area contributed by atoms with Crippen molar-refractivity contribution < 1.29 is 14.4 Å². The number of thiazole rings is 1. The number of nitrogens with two attached hydrogens (primary N) is 1. The van der Waals surface area contributed by atoms with Gasteiger partial charge in [0.1, 0.15) is 5.69 Å². The van der Waals surface area contributed by atoms with E-state index in [0.29, 0.717) is 40.9 Å². The normalized spacial score (nSPS) is 14.1. The van der Waals surface area contributed by atoms with Crippen molar-refractivity contribution in [2.45, 2.75) is 30.8 Å². The third-order valence-electron chi connectivity index (χ3n) is 5.59. The first-order chi connectivity index (χ1) is 16.4. The first kappa shape index (κ1) is 23.8. The highest BCUT2D eigenvalue weighted by Gasteiger charge is 2.26. The second-order valence-corrected chi connectivity index (χ2v) is 9.73. The van der Waals surface area contributed by atoms with Crippen LogP contribution < -0.4 is 11.1 Å². The van der Waals surface area contributed by atoms with Gasteiger partial charge in [0.15, 0.2) is 5.16 Å². The second kappa shape index (κ2) is 10.7. The van der Waals surface area contributed by atoms with Crippen LogP contribution in [0.15, 0.2) is 47.2 Å². The van der Waals surface area contributed by atoms with Crippen molar-refractivity contribution in [3.8, 4) is 0 Å². The molecule has 4 rings (SSSR count). The molecule has 1 saturated heterocycles. The van der Waals surface area contributed by atoms with Gasteiger partial charge in [-0.3, -0.25) is 14.4 Å². The van der Waals surface area contributed by atoms with Crippen LogP contribution in [0, 0.1) is 6.92 Å². The summed E-state index contributed by atoms with van der Waals surface area (Å²) in [4.78, 5) is 51.4. The molecule has 176 valence electrons. The Morgan fingerprint density at radius 3 is 2.65 bits per heavy atom. The Balaban J connectivity index is 1.31. The topological polar surface area (TPSA) is 131 Å². The number of hydrogen-bond donors (Lipinski definition) is 2. The van der Waals surface area contributed by atoms with Gasteiger partial charge in [0.05, 0.1) is 10.8 Å². The SMILES string of the molecule is Cc1ccc(C(N)=O)cc1NC(=O)c1csc(C2CCN(C(=O)CSc3ncccn3)CC2)n1. The first-order valence-corrected chi connectivity index (χ1v) is 12.6. The summed E-state index contributed by atoms with van der Waals surface area (Å²) in [6, 6.07) is 6.67. The molecule has 9 nitrogen and oxygen atoms in total. The van der Waals surface area contributed by atoms with Gasteiger partial charge in [-0.25, -0.2) is 15.0 Å². The van der Waals surface area contributed by atoms with Crippen LogP contribution in [0.5, 0.6) is 0 Å². The Bertz CT molecular complexity index is 1190. The summed E-state index contributed by atoms with van der Waals surface area (Å²) in [5, 5.41) is 6.05. The molecule has 2 aromatic heterocycles. The van der Waals surface area contributed by atoms with Crippen LogP contribution in [0.1, 0.15) is 50.2 Å². The molecular formula is C23H24N6O3S2. The van der Waals surface area contributed by atoms with E-state index in [1.807, 2.05) is 11.8 Å². The Hall–Kier alpha value is -3.31. The van der Waals surface area contributed by atoms with Crippen molar-refractivity contribution in [2.24, 2.45) is 5.73 Å². The van der Waals surface area contributed by atoms with E-state index in [2.05, 4.69) is 20.3 Å². The summed E-state index contributed by atoms with van der Waals surface area (Å²) in [5.41, 5.74) is 7.35. The van der Waals surface area contributed by atoms with Gasteiger partial charge in [0.2, 0.25) is 11.8 Å². The zero-order valence-corrected chi connectivity index (χ0v) is 20.2. The van der Waals surface area contributed by atoms with Gasteiger partial charge in [-0.15, -0.1) is 11.3 Å². The number of thioether (sulfide) groups is 1. The van der Waals surface area contributed by atoms with E-state index in [0.717, 1.165) is 23.4 Å². The van der Waals surface area contributed by atoms with Crippen molar-refractivity contribution >= 4 is 46.5 Å². The highest BCUT2D eigenvalue weighted by atomic mass is 32.2. The van der Waals surface area contributed by atoms with Crippen LogP contribution in [-0.4, -0.2) is 56.4 Å². The standard InChI is InChI=1S/C23H24N6O3S2/c1-14-3-4-16(20(24)31)11-17(14)27-21(32)18-12-33-22(28-18)15-5-9-29(10-6-15)19(30)13-34-23-25-7-2-8-26-23/h2-4,7-8,11-12,15H,5-6,9-10,13H2,1H3,(H2,24,31)(H,27,32). The van der Waals surface area contributed by atoms with E-state index in [1.54, 1.807) is 42.0 Å². The quantitative estimate of drug-likeness (QED) is 0.379. The summed E-state index contributed by atoms with van der Waals surface area (Å²) in [6.45, 7) is 3.15. The third-order valence-corrected chi connectivity index (χ3v) is 7.46. The molecule has 11 heteroatoms. The van der Waals surface area contributed by atoms with Gasteiger partial charge in [-0.2, -0.15) is 0 Å². The van der Waals surface area contributed by atoms with E-state index < -0.39 is 5.91 Å². The molecule has 0 atom stereocenters. The van der Waals surface area contributed by atoms with Crippen molar-refractivity contribution in [1.82, 2.24) is 19.9 Å². The number of rotatable bonds is 7. The predicted octanol–water partition coefficient (Wildman–Crippen LogP) is 3.09. The van der Waals surface area contributed by atoms with Gasteiger partial charge in [-0.05, 0) is 43.5 Å². The molecule has 3 heterocycles. The molecule has 0 unspecified atom stereocenters. The van der Waals surface area contributed by atoms with Crippen LogP contribution in [0.3, 0.4) is 0 Å². The van der Waals surface area contributed by atoms with Crippen LogP contribution in [0.25, 0.3) is 0 Å². The third kappa shape index (κ3) is 5.78. The molecule has 1 fully saturated rings. The van der Waals surface area contributed by atoms with Crippen LogP contribution >= 0.6 is 23.1 Å². The smallest absolute Gasteiger partial charge is 0.275 e. The second-order valence-electron chi connectivity index (χ2n) is 7.89. The van der Waals surface area contributed by atoms with Crippen molar-refractivity contribution in [2.75, 3.05) is 24.2 Å². The van der Waals surface area contributed by atoms with Crippen LogP contribution in [0.4, 0.5) is 5.69 Å². The van der Waals surface area contributed by atoms with Crippen LogP contribution in [0.2, 0.25) is 0 Å². The average Bonchev–Trinajstić information content (AvgIpc) is 3.35. The number of nitrogens with zero attached hydrogens (tertiary/aromatic N) is 4. The molecule has 1 aromatic carbocycles. The number of carbonyl (C=O) groups is 3. The lowest BCUT2D eigenvalue weighted by atomic mass is 9.97. The Morgan fingerprint density at radius 2 is 1.94 bits per heavy atom. The van der Waals surface area contributed by atoms with E-state index in [1.165, 1.54) is 23.1 Å². The molecule has 34 heavy (non-hydrogen) atoms. The maximum atomic E-state index is 12.7. The Labute approximate surface area is 205 Å². The summed E-state index contributed by atoms with van der Waals surface area (Å²) >= 11 is 2.79. The summed E-state index contributed by atoms with van der Waals surface area (Å²) in [5.74, 6) is -0.292. The lowest BCUT2D eigenvalue weighted by Crippen LogP contribution is -2.39. The summed E-state index contributed by atoms with van der Waals surface area (Å²) < 4.78 is 0. The van der Waals surface area contributed by atoms with Gasteiger partial charge in [-0.1, -0.05) is 17.8 Å². The molecular weight excluding hydrogens is 472 g/mol. The van der Waals surface area contributed by atoms with Gasteiger partial charge >= 0.3 is 0 Å². The molecule has 3 N–H and O–H groups in total. The molecule has 3 amide bonds. The average molecular weight is 497 g/mol. The van der Waals surface area contributed by atoms with Crippen molar-refractivity contribution in [1.29, 1.82) is 0 Å². The number of primary amides is 1. The van der Waals surface area contributed by atoms with Gasteiger partial charge < -0.3 is 16.0 Å². The monoisotopic (exact) mass is 496 g/mol. The number of likely N-dealkylation sites (tertiary alicyclic amines) is 1. The molecule has 3 aromatic rings. The van der Waals surface area contributed by atoms with Crippen molar-refractivity contribution in [3.63, 3.8) is 0 Å². The maximum absolute atomic E-state index is 12.7. The Morgan fingerprint density at radius 1 is 1.21 bits per heavy atom. The molecule has 0 radical (unpaired) electrons. The number of aromatic nitrogens is 3. The fraction of sp³-hybridized carbons (Fsp3) is 0.304. The molecule has 0 saturated carbocycles. The minimum atomic E-state index is -0.553. The van der Waals surface area contributed by atoms with Crippen LogP contribution in [-0.2, 0) is 4.79 Å². The summed E-state index contributed by atoms with van der Waals surface area (Å²) in [7, 11) is 0. The zero-order chi connectivity index (χ0) is 24.1. The summed E-state index contributed by atoms with van der Waals surface area (Å²) in [6.07, 6.45) is 4.92. The molecule has 1 aliphatic heterocycles. The first-order valence-electron chi connectivity index (χ1n) is 10.8. The van der Waals surface area contributed by atoms with E-state index in [4.69, 9.17) is 5.73 Å².